The Morgan fingerprint density at radius 3 is 2.86 bits per heavy atom. The van der Waals surface area contributed by atoms with E-state index in [0.717, 1.165) is 35.1 Å². The number of rotatable bonds is 7. The molecule has 1 aromatic heterocycles. The molecule has 0 saturated carbocycles. The summed E-state index contributed by atoms with van der Waals surface area (Å²) in [7, 11) is 0. The van der Waals surface area contributed by atoms with E-state index in [9.17, 15) is 0 Å². The highest BCUT2D eigenvalue weighted by molar-refractivity contribution is 7.09. The van der Waals surface area contributed by atoms with Crippen LogP contribution in [0.4, 0.5) is 0 Å². The van der Waals surface area contributed by atoms with Gasteiger partial charge in [-0.15, -0.1) is 11.3 Å². The SMILES string of the molecule is CCNCc1cccc(Cl)c1OCc1csc(C(C)C)n1. The van der Waals surface area contributed by atoms with E-state index in [1.54, 1.807) is 11.3 Å². The summed E-state index contributed by atoms with van der Waals surface area (Å²) in [5, 5.41) is 7.13. The zero-order chi connectivity index (χ0) is 15.2. The summed E-state index contributed by atoms with van der Waals surface area (Å²) in [4.78, 5) is 4.58. The zero-order valence-corrected chi connectivity index (χ0v) is 14.2. The standard InChI is InChI=1S/C16H21ClN2OS/c1-4-18-8-12-6-5-7-14(17)15(12)20-9-13-10-21-16(19-13)11(2)3/h5-7,10-11,18H,4,8-9H2,1-3H3. The fraction of sp³-hybridized carbons (Fsp3) is 0.438. The monoisotopic (exact) mass is 324 g/mol. The third kappa shape index (κ3) is 4.43. The molecule has 0 atom stereocenters. The van der Waals surface area contributed by atoms with Gasteiger partial charge in [0, 0.05) is 23.4 Å². The summed E-state index contributed by atoms with van der Waals surface area (Å²) >= 11 is 7.94. The molecule has 0 radical (unpaired) electrons. The number of benzene rings is 1. The minimum Gasteiger partial charge on any atom is -0.485 e. The molecule has 2 aromatic rings. The van der Waals surface area contributed by atoms with Crippen molar-refractivity contribution in [1.82, 2.24) is 10.3 Å². The average molecular weight is 325 g/mol. The highest BCUT2D eigenvalue weighted by Crippen LogP contribution is 2.30. The Morgan fingerprint density at radius 1 is 1.38 bits per heavy atom. The first-order chi connectivity index (χ1) is 10.1. The Bertz CT molecular complexity index is 583. The van der Waals surface area contributed by atoms with Gasteiger partial charge in [-0.3, -0.25) is 0 Å². The second kappa shape index (κ2) is 7.78. The van der Waals surface area contributed by atoms with E-state index < -0.39 is 0 Å². The van der Waals surface area contributed by atoms with Gasteiger partial charge < -0.3 is 10.1 Å². The van der Waals surface area contributed by atoms with Crippen LogP contribution >= 0.6 is 22.9 Å². The summed E-state index contributed by atoms with van der Waals surface area (Å²) in [6, 6.07) is 5.83. The minimum atomic E-state index is 0.450. The molecule has 1 aromatic carbocycles. The molecule has 0 aliphatic heterocycles. The summed E-state index contributed by atoms with van der Waals surface area (Å²) in [5.41, 5.74) is 2.03. The third-order valence-electron chi connectivity index (χ3n) is 3.04. The molecule has 114 valence electrons. The van der Waals surface area contributed by atoms with Crippen LogP contribution in [0.1, 0.15) is 43.0 Å². The van der Waals surface area contributed by atoms with Gasteiger partial charge in [0.1, 0.15) is 12.4 Å². The fourth-order valence-electron chi connectivity index (χ4n) is 1.91. The molecule has 0 bridgehead atoms. The average Bonchev–Trinajstić information content (AvgIpc) is 2.93. The third-order valence-corrected chi connectivity index (χ3v) is 4.53. The molecule has 0 unspecified atom stereocenters. The normalized spacial score (nSPS) is 11.1. The molecule has 2 rings (SSSR count). The van der Waals surface area contributed by atoms with E-state index in [4.69, 9.17) is 16.3 Å². The summed E-state index contributed by atoms with van der Waals surface area (Å²) in [5.74, 6) is 1.20. The largest absolute Gasteiger partial charge is 0.485 e. The first kappa shape index (κ1) is 16.3. The molecule has 0 aliphatic carbocycles. The maximum Gasteiger partial charge on any atom is 0.142 e. The Hall–Kier alpha value is -1.10. The maximum absolute atomic E-state index is 6.26. The molecule has 0 fully saturated rings. The topological polar surface area (TPSA) is 34.1 Å². The van der Waals surface area contributed by atoms with Crippen molar-refractivity contribution in [3.8, 4) is 5.75 Å². The fourth-order valence-corrected chi connectivity index (χ4v) is 2.98. The Balaban J connectivity index is 2.07. The van der Waals surface area contributed by atoms with Gasteiger partial charge in [-0.1, -0.05) is 44.5 Å². The van der Waals surface area contributed by atoms with Crippen LogP contribution in [0.25, 0.3) is 0 Å². The lowest BCUT2D eigenvalue weighted by atomic mass is 10.2. The molecule has 1 N–H and O–H groups in total. The number of aromatic nitrogens is 1. The lowest BCUT2D eigenvalue weighted by molar-refractivity contribution is 0.298. The van der Waals surface area contributed by atoms with Crippen molar-refractivity contribution in [2.45, 2.75) is 39.8 Å². The van der Waals surface area contributed by atoms with E-state index in [1.165, 1.54) is 0 Å². The molecule has 0 spiro atoms. The Kier molecular flexibility index (Phi) is 6.03. The smallest absolute Gasteiger partial charge is 0.142 e. The van der Waals surface area contributed by atoms with Crippen molar-refractivity contribution < 1.29 is 4.74 Å². The van der Waals surface area contributed by atoms with Crippen molar-refractivity contribution in [3.63, 3.8) is 0 Å². The Labute approximate surface area is 135 Å². The van der Waals surface area contributed by atoms with Crippen molar-refractivity contribution in [2.24, 2.45) is 0 Å². The molecule has 0 saturated heterocycles. The van der Waals surface area contributed by atoms with Gasteiger partial charge in [-0.05, 0) is 12.6 Å². The molecular weight excluding hydrogens is 304 g/mol. The molecule has 0 aliphatic rings. The van der Waals surface area contributed by atoms with Gasteiger partial charge in [-0.25, -0.2) is 4.98 Å². The summed E-state index contributed by atoms with van der Waals surface area (Å²) < 4.78 is 5.92. The second-order valence-corrected chi connectivity index (χ2v) is 6.43. The summed E-state index contributed by atoms with van der Waals surface area (Å²) in [6.07, 6.45) is 0. The highest BCUT2D eigenvalue weighted by Gasteiger charge is 2.10. The highest BCUT2D eigenvalue weighted by atomic mass is 35.5. The van der Waals surface area contributed by atoms with Crippen LogP contribution in [0.2, 0.25) is 5.02 Å². The van der Waals surface area contributed by atoms with E-state index >= 15 is 0 Å². The van der Waals surface area contributed by atoms with Crippen LogP contribution in [0.15, 0.2) is 23.6 Å². The number of ether oxygens (including phenoxy) is 1. The van der Waals surface area contributed by atoms with E-state index in [1.807, 2.05) is 18.2 Å². The quantitative estimate of drug-likeness (QED) is 0.807. The zero-order valence-electron chi connectivity index (χ0n) is 12.6. The second-order valence-electron chi connectivity index (χ2n) is 5.13. The van der Waals surface area contributed by atoms with Gasteiger partial charge in [-0.2, -0.15) is 0 Å². The van der Waals surface area contributed by atoms with Crippen LogP contribution in [-0.2, 0) is 13.2 Å². The number of nitrogens with zero attached hydrogens (tertiary/aromatic N) is 1. The van der Waals surface area contributed by atoms with Gasteiger partial charge >= 0.3 is 0 Å². The molecule has 3 nitrogen and oxygen atoms in total. The maximum atomic E-state index is 6.26. The van der Waals surface area contributed by atoms with Gasteiger partial charge in [0.2, 0.25) is 0 Å². The number of hydrogen-bond acceptors (Lipinski definition) is 4. The van der Waals surface area contributed by atoms with Crippen molar-refractivity contribution in [3.05, 3.63) is 44.9 Å². The number of halogens is 1. The van der Waals surface area contributed by atoms with E-state index in [0.29, 0.717) is 17.5 Å². The number of para-hydroxylation sites is 1. The van der Waals surface area contributed by atoms with Crippen LogP contribution in [0, 0.1) is 0 Å². The Morgan fingerprint density at radius 2 is 2.19 bits per heavy atom. The van der Waals surface area contributed by atoms with Crippen LogP contribution in [0.5, 0.6) is 5.75 Å². The van der Waals surface area contributed by atoms with Crippen LogP contribution in [-0.4, -0.2) is 11.5 Å². The number of hydrogen-bond donors (Lipinski definition) is 1. The lowest BCUT2D eigenvalue weighted by Crippen LogP contribution is -2.13. The summed E-state index contributed by atoms with van der Waals surface area (Å²) in [6.45, 7) is 8.48. The van der Waals surface area contributed by atoms with Crippen LogP contribution in [0.3, 0.4) is 0 Å². The van der Waals surface area contributed by atoms with Crippen molar-refractivity contribution >= 4 is 22.9 Å². The predicted molar refractivity (Wildman–Crippen MR) is 89.4 cm³/mol. The first-order valence-corrected chi connectivity index (χ1v) is 8.42. The predicted octanol–water partition coefficient (Wildman–Crippen LogP) is 4.61. The molecule has 5 heteroatoms. The number of thiazole rings is 1. The van der Waals surface area contributed by atoms with Crippen LogP contribution < -0.4 is 10.1 Å². The molecule has 21 heavy (non-hydrogen) atoms. The van der Waals surface area contributed by atoms with E-state index in [-0.39, 0.29) is 0 Å². The first-order valence-electron chi connectivity index (χ1n) is 7.17. The van der Waals surface area contributed by atoms with E-state index in [2.05, 4.69) is 36.5 Å². The molecule has 0 amide bonds. The van der Waals surface area contributed by atoms with Gasteiger partial charge in [0.25, 0.3) is 0 Å². The number of nitrogens with one attached hydrogen (secondary N) is 1. The lowest BCUT2D eigenvalue weighted by Gasteiger charge is -2.12. The molecule has 1 heterocycles. The van der Waals surface area contributed by atoms with Gasteiger partial charge in [0.15, 0.2) is 0 Å². The minimum absolute atomic E-state index is 0.450. The molecular formula is C16H21ClN2OS. The van der Waals surface area contributed by atoms with Crippen molar-refractivity contribution in [2.75, 3.05) is 6.54 Å². The van der Waals surface area contributed by atoms with Gasteiger partial charge in [0.05, 0.1) is 15.7 Å². The van der Waals surface area contributed by atoms with Crippen molar-refractivity contribution in [1.29, 1.82) is 0 Å².